The summed E-state index contributed by atoms with van der Waals surface area (Å²) >= 11 is 0. The summed E-state index contributed by atoms with van der Waals surface area (Å²) in [6.07, 6.45) is 3.74. The monoisotopic (exact) mass is 446 g/mol. The van der Waals surface area contributed by atoms with Gasteiger partial charge in [0.25, 0.3) is 0 Å². The molecule has 5 heterocycles. The van der Waals surface area contributed by atoms with E-state index in [9.17, 15) is 4.79 Å². The molecule has 0 aliphatic carbocycles. The van der Waals surface area contributed by atoms with Crippen LogP contribution in [0, 0.1) is 11.3 Å². The molecule has 3 saturated heterocycles. The average Bonchev–Trinajstić information content (AvgIpc) is 3.31. The number of fused-ring (bicyclic) bond motifs is 5. The molecule has 172 valence electrons. The Bertz CT molecular complexity index is 1200. The van der Waals surface area contributed by atoms with Crippen molar-refractivity contribution in [3.05, 3.63) is 48.2 Å². The van der Waals surface area contributed by atoms with Gasteiger partial charge in [-0.05, 0) is 43.5 Å². The molecule has 0 spiro atoms. The number of aromatic nitrogens is 2. The molecule has 2 N–H and O–H groups in total. The smallest absolute Gasteiger partial charge is 0.407 e. The van der Waals surface area contributed by atoms with Gasteiger partial charge in [-0.25, -0.2) is 4.79 Å². The zero-order valence-electron chi connectivity index (χ0n) is 19.1. The first-order valence-corrected chi connectivity index (χ1v) is 11.9. The lowest BCUT2D eigenvalue weighted by Gasteiger charge is -2.44. The molecule has 1 aromatic heterocycles. The van der Waals surface area contributed by atoms with Crippen LogP contribution in [0.2, 0.25) is 0 Å². The Balaban J connectivity index is 1.26. The van der Waals surface area contributed by atoms with Gasteiger partial charge in [0.2, 0.25) is 0 Å². The molecule has 7 nitrogen and oxygen atoms in total. The lowest BCUT2D eigenvalue weighted by molar-refractivity contribution is -0.0361. The number of benzene rings is 2. The number of ether oxygens (including phenoxy) is 2. The molecule has 1 amide bonds. The SMILES string of the molecule is CC1(C)COc2cc(-c3cccc4cn[nH]c34)ccc2C1NC(=O)O[C@H]1CN2CCC1CC2. The van der Waals surface area contributed by atoms with Crippen LogP contribution in [0.3, 0.4) is 0 Å². The topological polar surface area (TPSA) is 79.5 Å². The molecule has 3 fully saturated rings. The predicted octanol–water partition coefficient (Wildman–Crippen LogP) is 4.51. The van der Waals surface area contributed by atoms with Crippen molar-refractivity contribution in [3.63, 3.8) is 0 Å². The number of hydrogen-bond acceptors (Lipinski definition) is 5. The van der Waals surface area contributed by atoms with Crippen molar-refractivity contribution in [2.45, 2.75) is 38.8 Å². The summed E-state index contributed by atoms with van der Waals surface area (Å²) in [5.74, 6) is 1.29. The molecule has 0 saturated carbocycles. The maximum Gasteiger partial charge on any atom is 0.407 e. The van der Waals surface area contributed by atoms with Crippen molar-refractivity contribution in [1.82, 2.24) is 20.4 Å². The van der Waals surface area contributed by atoms with E-state index in [1.54, 1.807) is 0 Å². The van der Waals surface area contributed by atoms with Crippen molar-refractivity contribution < 1.29 is 14.3 Å². The highest BCUT2D eigenvalue weighted by molar-refractivity contribution is 5.93. The molecule has 1 unspecified atom stereocenters. The summed E-state index contributed by atoms with van der Waals surface area (Å²) < 4.78 is 12.1. The largest absolute Gasteiger partial charge is 0.493 e. The Morgan fingerprint density at radius 3 is 2.88 bits per heavy atom. The fourth-order valence-electron chi connectivity index (χ4n) is 5.65. The number of para-hydroxylation sites is 1. The Labute approximate surface area is 193 Å². The first-order valence-electron chi connectivity index (χ1n) is 11.9. The van der Waals surface area contributed by atoms with Crippen molar-refractivity contribution in [2.75, 3.05) is 26.2 Å². The normalized spacial score (nSPS) is 27.6. The number of rotatable bonds is 3. The molecule has 7 rings (SSSR count). The van der Waals surface area contributed by atoms with Crippen molar-refractivity contribution >= 4 is 17.0 Å². The van der Waals surface area contributed by atoms with Crippen LogP contribution in [0.4, 0.5) is 4.79 Å². The molecule has 4 aliphatic rings. The van der Waals surface area contributed by atoms with Gasteiger partial charge in [0.05, 0.1) is 24.4 Å². The number of amides is 1. The minimum Gasteiger partial charge on any atom is -0.493 e. The number of hydrogen-bond donors (Lipinski definition) is 2. The van der Waals surface area contributed by atoms with Crippen LogP contribution in [0.25, 0.3) is 22.0 Å². The lowest BCUT2D eigenvalue weighted by atomic mass is 9.78. The fourth-order valence-corrected chi connectivity index (χ4v) is 5.65. The third kappa shape index (κ3) is 3.64. The second kappa shape index (κ2) is 7.76. The van der Waals surface area contributed by atoms with Gasteiger partial charge >= 0.3 is 6.09 Å². The fraction of sp³-hybridized carbons (Fsp3) is 0.462. The number of nitrogens with one attached hydrogen (secondary N) is 2. The van der Waals surface area contributed by atoms with Crippen molar-refractivity contribution in [1.29, 1.82) is 0 Å². The van der Waals surface area contributed by atoms with Crippen LogP contribution in [0.15, 0.2) is 42.6 Å². The van der Waals surface area contributed by atoms with E-state index in [0.717, 1.165) is 65.8 Å². The van der Waals surface area contributed by atoms with Gasteiger partial charge in [-0.3, -0.25) is 10.00 Å². The summed E-state index contributed by atoms with van der Waals surface area (Å²) in [5.41, 5.74) is 3.86. The minimum absolute atomic E-state index is 0.00723. The highest BCUT2D eigenvalue weighted by Crippen LogP contribution is 2.44. The molecule has 0 radical (unpaired) electrons. The summed E-state index contributed by atoms with van der Waals surface area (Å²) in [5, 5.41) is 11.5. The molecule has 4 aliphatic heterocycles. The highest BCUT2D eigenvalue weighted by atomic mass is 16.6. The van der Waals surface area contributed by atoms with Crippen LogP contribution < -0.4 is 10.1 Å². The van der Waals surface area contributed by atoms with Crippen molar-refractivity contribution in [2.24, 2.45) is 11.3 Å². The quantitative estimate of drug-likeness (QED) is 0.619. The zero-order chi connectivity index (χ0) is 22.6. The number of carbonyl (C=O) groups is 1. The number of piperidine rings is 3. The van der Waals surface area contributed by atoms with Crippen LogP contribution >= 0.6 is 0 Å². The van der Waals surface area contributed by atoms with Gasteiger partial charge in [0, 0.05) is 28.5 Å². The minimum atomic E-state index is -0.328. The maximum atomic E-state index is 13.0. The van der Waals surface area contributed by atoms with E-state index in [0.29, 0.717) is 12.5 Å². The van der Waals surface area contributed by atoms with E-state index >= 15 is 0 Å². The summed E-state index contributed by atoms with van der Waals surface area (Å²) in [6, 6.07) is 12.2. The Morgan fingerprint density at radius 1 is 1.24 bits per heavy atom. The number of alkyl carbamates (subject to hydrolysis) is 1. The molecule has 7 heteroatoms. The van der Waals surface area contributed by atoms with Gasteiger partial charge in [-0.1, -0.05) is 44.2 Å². The van der Waals surface area contributed by atoms with Gasteiger partial charge in [0.15, 0.2) is 0 Å². The number of carbonyl (C=O) groups excluding carboxylic acids is 1. The third-order valence-corrected chi connectivity index (χ3v) is 7.61. The van der Waals surface area contributed by atoms with E-state index in [-0.39, 0.29) is 23.7 Å². The lowest BCUT2D eigenvalue weighted by Crippen LogP contribution is -2.53. The van der Waals surface area contributed by atoms with Crippen LogP contribution in [0.1, 0.15) is 38.3 Å². The van der Waals surface area contributed by atoms with E-state index in [4.69, 9.17) is 9.47 Å². The predicted molar refractivity (Wildman–Crippen MR) is 126 cm³/mol. The number of aromatic amines is 1. The van der Waals surface area contributed by atoms with Gasteiger partial charge in [0.1, 0.15) is 11.9 Å². The number of H-pyrrole nitrogens is 1. The average molecular weight is 447 g/mol. The first kappa shape index (κ1) is 20.5. The second-order valence-electron chi connectivity index (χ2n) is 10.3. The van der Waals surface area contributed by atoms with Gasteiger partial charge in [-0.15, -0.1) is 0 Å². The molecular weight excluding hydrogens is 416 g/mol. The summed E-state index contributed by atoms with van der Waals surface area (Å²) in [7, 11) is 0. The molecular formula is C26H30N4O3. The summed E-state index contributed by atoms with van der Waals surface area (Å²) in [4.78, 5) is 15.4. The van der Waals surface area contributed by atoms with E-state index in [1.165, 1.54) is 0 Å². The van der Waals surface area contributed by atoms with Gasteiger partial charge in [-0.2, -0.15) is 5.10 Å². The Kier molecular flexibility index (Phi) is 4.83. The second-order valence-corrected chi connectivity index (χ2v) is 10.3. The molecule has 2 aromatic carbocycles. The molecule has 2 bridgehead atoms. The molecule has 3 aromatic rings. The van der Waals surface area contributed by atoms with E-state index in [1.807, 2.05) is 18.3 Å². The van der Waals surface area contributed by atoms with E-state index < -0.39 is 0 Å². The Hall–Kier alpha value is -3.06. The molecule has 33 heavy (non-hydrogen) atoms. The first-order chi connectivity index (χ1) is 16.0. The van der Waals surface area contributed by atoms with Gasteiger partial charge < -0.3 is 14.8 Å². The Morgan fingerprint density at radius 2 is 2.09 bits per heavy atom. The molecule has 2 atom stereocenters. The van der Waals surface area contributed by atoms with E-state index in [2.05, 4.69) is 58.5 Å². The van der Waals surface area contributed by atoms with Crippen molar-refractivity contribution in [3.8, 4) is 16.9 Å². The zero-order valence-corrected chi connectivity index (χ0v) is 19.1. The maximum absolute atomic E-state index is 13.0. The standard InChI is InChI=1S/C26H30N4O3/c1-26(2)15-32-21-12-17(19-5-3-4-18-13-27-29-23(18)19)6-7-20(21)24(26)28-25(31)33-22-14-30-10-8-16(22)9-11-30/h3-7,12-13,16,22,24H,8-11,14-15H2,1-2H3,(H,27,29)(H,28,31)/t22-,24?/m0/s1. The van der Waals surface area contributed by atoms with Crippen LogP contribution in [-0.4, -0.2) is 53.5 Å². The number of nitrogens with zero attached hydrogens (tertiary/aromatic N) is 2. The highest BCUT2D eigenvalue weighted by Gasteiger charge is 2.41. The summed E-state index contributed by atoms with van der Waals surface area (Å²) in [6.45, 7) is 7.86. The van der Waals surface area contributed by atoms with Crippen LogP contribution in [-0.2, 0) is 4.74 Å². The van der Waals surface area contributed by atoms with Crippen LogP contribution in [0.5, 0.6) is 5.75 Å². The third-order valence-electron chi connectivity index (χ3n) is 7.61.